The first-order valence-corrected chi connectivity index (χ1v) is 6.73. The fourth-order valence-electron chi connectivity index (χ4n) is 4.65. The number of aliphatic carboxylic acids is 1. The first-order valence-electron chi connectivity index (χ1n) is 5.50. The smallest absolute Gasteiger partial charge is 0.320 e. The van der Waals surface area contributed by atoms with Crippen LogP contribution in [0.5, 0.6) is 0 Å². The molecule has 14 heavy (non-hydrogen) atoms. The normalized spacial score (nSPS) is 54.1. The Bertz CT molecular complexity index is 271. The minimum absolute atomic E-state index is 0.397. The van der Waals surface area contributed by atoms with Gasteiger partial charge in [-0.3, -0.25) is 4.79 Å². The number of carbonyl (C=O) groups is 1. The number of hydrogen-bond acceptors (Lipinski definition) is 2. The van der Waals surface area contributed by atoms with Gasteiger partial charge in [0.25, 0.3) is 0 Å². The molecule has 0 aromatic carbocycles. The van der Waals surface area contributed by atoms with Crippen molar-refractivity contribution >= 4 is 17.7 Å². The monoisotopic (exact) mass is 212 g/mol. The van der Waals surface area contributed by atoms with E-state index in [9.17, 15) is 9.90 Å². The van der Waals surface area contributed by atoms with Gasteiger partial charge in [0.15, 0.2) is 0 Å². The summed E-state index contributed by atoms with van der Waals surface area (Å²) in [6, 6.07) is 0. The Hall–Kier alpha value is -0.180. The van der Waals surface area contributed by atoms with Gasteiger partial charge in [-0.1, -0.05) is 0 Å². The van der Waals surface area contributed by atoms with Crippen LogP contribution in [0.25, 0.3) is 0 Å². The summed E-state index contributed by atoms with van der Waals surface area (Å²) in [4.78, 5) is 11.5. The Labute approximate surface area is 88.5 Å². The second-order valence-corrected chi connectivity index (χ2v) is 6.08. The minimum Gasteiger partial charge on any atom is -0.480 e. The lowest BCUT2D eigenvalue weighted by atomic mass is 9.74. The van der Waals surface area contributed by atoms with E-state index in [4.69, 9.17) is 0 Å². The van der Waals surface area contributed by atoms with Crippen LogP contribution in [0, 0.1) is 23.7 Å². The van der Waals surface area contributed by atoms with Gasteiger partial charge in [0, 0.05) is 0 Å². The molecular weight excluding hydrogens is 196 g/mol. The van der Waals surface area contributed by atoms with Crippen molar-refractivity contribution in [2.75, 3.05) is 6.26 Å². The van der Waals surface area contributed by atoms with E-state index >= 15 is 0 Å². The zero-order valence-electron chi connectivity index (χ0n) is 8.40. The molecule has 0 radical (unpaired) electrons. The Kier molecular flexibility index (Phi) is 1.74. The van der Waals surface area contributed by atoms with Crippen molar-refractivity contribution in [3.05, 3.63) is 0 Å². The molecule has 3 aliphatic rings. The predicted molar refractivity (Wildman–Crippen MR) is 56.3 cm³/mol. The molecule has 3 heteroatoms. The van der Waals surface area contributed by atoms with Crippen LogP contribution in [0.15, 0.2) is 0 Å². The number of rotatable bonds is 2. The minimum atomic E-state index is -0.535. The third kappa shape index (κ3) is 0.755. The Morgan fingerprint density at radius 1 is 1.21 bits per heavy atom. The molecule has 3 saturated carbocycles. The highest BCUT2D eigenvalue weighted by molar-refractivity contribution is 8.00. The van der Waals surface area contributed by atoms with Crippen molar-refractivity contribution < 1.29 is 9.90 Å². The van der Waals surface area contributed by atoms with Gasteiger partial charge in [0.05, 0.1) is 0 Å². The number of thioether (sulfide) groups is 1. The fraction of sp³-hybridized carbons (Fsp3) is 0.909. The van der Waals surface area contributed by atoms with Crippen LogP contribution in [0.2, 0.25) is 0 Å². The summed E-state index contributed by atoms with van der Waals surface area (Å²) in [7, 11) is 0. The molecule has 0 aliphatic heterocycles. The lowest BCUT2D eigenvalue weighted by Crippen LogP contribution is -2.48. The maximum absolute atomic E-state index is 11.5. The summed E-state index contributed by atoms with van der Waals surface area (Å²) in [6.45, 7) is 0. The van der Waals surface area contributed by atoms with Crippen LogP contribution >= 0.6 is 11.8 Å². The SMILES string of the molecule is CSC1(C(=O)O)C2CCC3C2CCC31. The topological polar surface area (TPSA) is 37.3 Å². The molecule has 4 bridgehead atoms. The molecule has 0 aromatic rings. The summed E-state index contributed by atoms with van der Waals surface area (Å²) in [5.41, 5.74) is 0. The molecule has 0 aromatic heterocycles. The van der Waals surface area contributed by atoms with Gasteiger partial charge in [-0.2, -0.15) is 0 Å². The number of carboxylic acids is 1. The zero-order chi connectivity index (χ0) is 9.92. The highest BCUT2D eigenvalue weighted by Gasteiger charge is 2.69. The Balaban J connectivity index is 2.05. The van der Waals surface area contributed by atoms with Crippen LogP contribution in [-0.4, -0.2) is 22.1 Å². The molecule has 3 aliphatic carbocycles. The van der Waals surface area contributed by atoms with E-state index in [1.165, 1.54) is 25.7 Å². The molecule has 4 unspecified atom stereocenters. The standard InChI is InChI=1S/C11H16O2S/c1-14-11(10(12)13)8-4-2-6-7(8)3-5-9(6)11/h6-9H,2-5H2,1H3,(H,12,13). The van der Waals surface area contributed by atoms with Gasteiger partial charge in [-0.25, -0.2) is 0 Å². The van der Waals surface area contributed by atoms with E-state index in [1.807, 2.05) is 6.26 Å². The lowest BCUT2D eigenvalue weighted by Gasteiger charge is -2.40. The number of hydrogen-bond donors (Lipinski definition) is 1. The number of carboxylic acid groups (broad SMARTS) is 1. The van der Waals surface area contributed by atoms with E-state index in [0.29, 0.717) is 11.8 Å². The third-order valence-electron chi connectivity index (χ3n) is 4.98. The van der Waals surface area contributed by atoms with Crippen LogP contribution in [-0.2, 0) is 4.79 Å². The lowest BCUT2D eigenvalue weighted by molar-refractivity contribution is -0.143. The molecule has 0 heterocycles. The molecule has 3 rings (SSSR count). The van der Waals surface area contributed by atoms with Crippen molar-refractivity contribution in [3.8, 4) is 0 Å². The third-order valence-corrected chi connectivity index (χ3v) is 6.43. The van der Waals surface area contributed by atoms with Crippen molar-refractivity contribution in [2.24, 2.45) is 23.7 Å². The Morgan fingerprint density at radius 2 is 1.71 bits per heavy atom. The molecule has 78 valence electrons. The van der Waals surface area contributed by atoms with Gasteiger partial charge >= 0.3 is 5.97 Å². The quantitative estimate of drug-likeness (QED) is 0.762. The average Bonchev–Trinajstić information content (AvgIpc) is 2.80. The average molecular weight is 212 g/mol. The predicted octanol–water partition coefficient (Wildman–Crippen LogP) is 2.24. The maximum Gasteiger partial charge on any atom is 0.320 e. The van der Waals surface area contributed by atoms with E-state index in [-0.39, 0.29) is 0 Å². The summed E-state index contributed by atoms with van der Waals surface area (Å²) < 4.78 is -0.397. The molecule has 4 atom stereocenters. The van der Waals surface area contributed by atoms with Gasteiger partial charge in [-0.05, 0) is 55.6 Å². The van der Waals surface area contributed by atoms with E-state index in [1.54, 1.807) is 11.8 Å². The molecule has 0 amide bonds. The van der Waals surface area contributed by atoms with Gasteiger partial charge in [-0.15, -0.1) is 11.8 Å². The highest BCUT2D eigenvalue weighted by Crippen LogP contribution is 2.69. The summed E-state index contributed by atoms with van der Waals surface area (Å²) in [5.74, 6) is 1.94. The molecule has 0 spiro atoms. The highest BCUT2D eigenvalue weighted by atomic mass is 32.2. The fourth-order valence-corrected chi connectivity index (χ4v) is 6.01. The summed E-state index contributed by atoms with van der Waals surface area (Å²) in [6.07, 6.45) is 6.92. The maximum atomic E-state index is 11.5. The van der Waals surface area contributed by atoms with Crippen molar-refractivity contribution in [1.82, 2.24) is 0 Å². The molecular formula is C11H16O2S. The van der Waals surface area contributed by atoms with Gasteiger partial charge in [0.2, 0.25) is 0 Å². The van der Waals surface area contributed by atoms with Crippen LogP contribution in [0.1, 0.15) is 25.7 Å². The second kappa shape index (κ2) is 2.69. The first-order chi connectivity index (χ1) is 6.71. The van der Waals surface area contributed by atoms with Crippen molar-refractivity contribution in [3.63, 3.8) is 0 Å². The zero-order valence-corrected chi connectivity index (χ0v) is 9.22. The largest absolute Gasteiger partial charge is 0.480 e. The van der Waals surface area contributed by atoms with Crippen LogP contribution in [0.4, 0.5) is 0 Å². The second-order valence-electron chi connectivity index (χ2n) is 5.00. The molecule has 0 saturated heterocycles. The van der Waals surface area contributed by atoms with E-state index < -0.39 is 10.7 Å². The van der Waals surface area contributed by atoms with Crippen molar-refractivity contribution in [2.45, 2.75) is 30.4 Å². The first kappa shape index (κ1) is 9.08. The van der Waals surface area contributed by atoms with E-state index in [2.05, 4.69) is 0 Å². The summed E-state index contributed by atoms with van der Waals surface area (Å²) >= 11 is 1.61. The van der Waals surface area contributed by atoms with E-state index in [0.717, 1.165) is 11.8 Å². The molecule has 2 nitrogen and oxygen atoms in total. The van der Waals surface area contributed by atoms with Crippen LogP contribution in [0.3, 0.4) is 0 Å². The van der Waals surface area contributed by atoms with Crippen LogP contribution < -0.4 is 0 Å². The van der Waals surface area contributed by atoms with Crippen molar-refractivity contribution in [1.29, 1.82) is 0 Å². The Morgan fingerprint density at radius 3 is 2.00 bits per heavy atom. The molecule has 3 fully saturated rings. The van der Waals surface area contributed by atoms with Gasteiger partial charge < -0.3 is 5.11 Å². The molecule has 1 N–H and O–H groups in total. The van der Waals surface area contributed by atoms with Gasteiger partial charge in [0.1, 0.15) is 4.75 Å². The summed E-state index contributed by atoms with van der Waals surface area (Å²) in [5, 5.41) is 9.49.